The molecule has 0 aliphatic carbocycles. The molecule has 3 rings (SSSR count). The Morgan fingerprint density at radius 2 is 2.09 bits per heavy atom. The Kier molecular flexibility index (Phi) is 3.88. The number of cyclic esters (lactones) is 1. The summed E-state index contributed by atoms with van der Waals surface area (Å²) in [6.07, 6.45) is 2.66. The molecule has 0 N–H and O–H groups in total. The van der Waals surface area contributed by atoms with Gasteiger partial charge in [0.25, 0.3) is 15.9 Å². The predicted octanol–water partition coefficient (Wildman–Crippen LogP) is 0.206. The van der Waals surface area contributed by atoms with Crippen LogP contribution in [-0.4, -0.2) is 64.9 Å². The van der Waals surface area contributed by atoms with Crippen LogP contribution < -0.4 is 0 Å². The molecule has 0 bridgehead atoms. The molecule has 3 heterocycles. The monoisotopic (exact) mass is 342 g/mol. The van der Waals surface area contributed by atoms with Crippen molar-refractivity contribution in [3.63, 3.8) is 0 Å². The topological polar surface area (TPSA) is 102 Å². The number of imidazole rings is 1. The number of imide groups is 1. The van der Waals surface area contributed by atoms with E-state index in [1.54, 1.807) is 4.57 Å². The highest BCUT2D eigenvalue weighted by Gasteiger charge is 2.43. The van der Waals surface area contributed by atoms with Crippen LogP contribution in [0.15, 0.2) is 17.6 Å². The van der Waals surface area contributed by atoms with E-state index >= 15 is 0 Å². The van der Waals surface area contributed by atoms with E-state index in [2.05, 4.69) is 9.72 Å². The summed E-state index contributed by atoms with van der Waals surface area (Å²) in [6, 6.07) is -0.380. The lowest BCUT2D eigenvalue weighted by Crippen LogP contribution is -2.42. The summed E-state index contributed by atoms with van der Waals surface area (Å²) in [6.45, 7) is 3.88. The number of sulfonamides is 1. The van der Waals surface area contributed by atoms with Crippen LogP contribution in [0.1, 0.15) is 26.3 Å². The molecule has 23 heavy (non-hydrogen) atoms. The molecule has 0 spiro atoms. The lowest BCUT2D eigenvalue weighted by atomic mass is 10.2. The summed E-state index contributed by atoms with van der Waals surface area (Å²) >= 11 is 0. The maximum Gasteiger partial charge on any atom is 0.417 e. The third-order valence-corrected chi connectivity index (χ3v) is 5.80. The summed E-state index contributed by atoms with van der Waals surface area (Å²) in [5, 5.41) is -0.0258. The van der Waals surface area contributed by atoms with Gasteiger partial charge in [-0.25, -0.2) is 23.1 Å². The Bertz CT molecular complexity index is 725. The first-order valence-corrected chi connectivity index (χ1v) is 8.77. The molecule has 1 unspecified atom stereocenters. The van der Waals surface area contributed by atoms with Crippen molar-refractivity contribution >= 4 is 22.0 Å². The second-order valence-electron chi connectivity index (χ2n) is 5.88. The molecule has 1 aromatic heterocycles. The van der Waals surface area contributed by atoms with Crippen LogP contribution in [0.25, 0.3) is 0 Å². The van der Waals surface area contributed by atoms with E-state index in [9.17, 15) is 18.0 Å². The minimum atomic E-state index is -3.74. The first-order chi connectivity index (χ1) is 10.8. The average molecular weight is 342 g/mol. The normalized spacial score (nSPS) is 23.1. The first-order valence-electron chi connectivity index (χ1n) is 7.33. The van der Waals surface area contributed by atoms with Gasteiger partial charge in [0.1, 0.15) is 0 Å². The second kappa shape index (κ2) is 5.60. The van der Waals surface area contributed by atoms with E-state index in [4.69, 9.17) is 0 Å². The van der Waals surface area contributed by atoms with Gasteiger partial charge in [0, 0.05) is 25.3 Å². The van der Waals surface area contributed by atoms with Crippen LogP contribution in [0.4, 0.5) is 4.79 Å². The van der Waals surface area contributed by atoms with Crippen LogP contribution in [-0.2, 0) is 19.6 Å². The molecule has 2 saturated heterocycles. The molecule has 2 amide bonds. The van der Waals surface area contributed by atoms with Crippen molar-refractivity contribution < 1.29 is 22.7 Å². The van der Waals surface area contributed by atoms with Crippen LogP contribution in [0, 0.1) is 0 Å². The van der Waals surface area contributed by atoms with Gasteiger partial charge in [-0.05, 0) is 20.3 Å². The summed E-state index contributed by atoms with van der Waals surface area (Å²) < 4.78 is 32.9. The van der Waals surface area contributed by atoms with Gasteiger partial charge in [-0.2, -0.15) is 4.31 Å². The maximum absolute atomic E-state index is 12.6. The number of aromatic nitrogens is 2. The Labute approximate surface area is 133 Å². The lowest BCUT2D eigenvalue weighted by Gasteiger charge is -2.19. The van der Waals surface area contributed by atoms with Crippen LogP contribution in [0.2, 0.25) is 0 Å². The lowest BCUT2D eigenvalue weighted by molar-refractivity contribution is -0.127. The quantitative estimate of drug-likeness (QED) is 0.775. The summed E-state index contributed by atoms with van der Waals surface area (Å²) in [5.41, 5.74) is 0. The number of rotatable bonds is 4. The fourth-order valence-corrected chi connectivity index (χ4v) is 4.14. The van der Waals surface area contributed by atoms with Crippen LogP contribution in [0.5, 0.6) is 0 Å². The van der Waals surface area contributed by atoms with Crippen LogP contribution >= 0.6 is 0 Å². The largest absolute Gasteiger partial charge is 0.439 e. The molecule has 0 aromatic carbocycles. The fourth-order valence-electron chi connectivity index (χ4n) is 2.72. The van der Waals surface area contributed by atoms with Gasteiger partial charge >= 0.3 is 6.09 Å². The third-order valence-electron chi connectivity index (χ3n) is 4.05. The summed E-state index contributed by atoms with van der Waals surface area (Å²) in [7, 11) is -3.74. The molecule has 10 heteroatoms. The number of hydrogen-bond acceptors (Lipinski definition) is 6. The molecule has 2 aliphatic rings. The highest BCUT2D eigenvalue weighted by Crippen LogP contribution is 2.25. The molecule has 2 fully saturated rings. The zero-order chi connectivity index (χ0) is 16.8. The number of carbonyl (C=O) groups excluding carboxylic acids is 2. The number of ether oxygens (including phenoxy) is 1. The minimum Gasteiger partial charge on any atom is -0.439 e. The molecule has 1 aromatic rings. The van der Waals surface area contributed by atoms with Crippen molar-refractivity contribution in [3.8, 4) is 0 Å². The van der Waals surface area contributed by atoms with Gasteiger partial charge in [-0.3, -0.25) is 4.79 Å². The van der Waals surface area contributed by atoms with Crippen molar-refractivity contribution in [2.24, 2.45) is 0 Å². The van der Waals surface area contributed by atoms with E-state index < -0.39 is 28.1 Å². The minimum absolute atomic E-state index is 0.0258. The van der Waals surface area contributed by atoms with Crippen molar-refractivity contribution in [2.45, 2.75) is 37.4 Å². The Morgan fingerprint density at radius 3 is 2.65 bits per heavy atom. The van der Waals surface area contributed by atoms with Crippen molar-refractivity contribution in [3.05, 3.63) is 12.5 Å². The van der Waals surface area contributed by atoms with Crippen molar-refractivity contribution in [2.75, 3.05) is 19.7 Å². The smallest absolute Gasteiger partial charge is 0.417 e. The first kappa shape index (κ1) is 15.9. The molecule has 1 atom stereocenters. The van der Waals surface area contributed by atoms with Crippen molar-refractivity contribution in [1.82, 2.24) is 18.8 Å². The van der Waals surface area contributed by atoms with Gasteiger partial charge in [0.05, 0.1) is 12.4 Å². The zero-order valence-corrected chi connectivity index (χ0v) is 13.7. The molecular formula is C13H18N4O5S. The van der Waals surface area contributed by atoms with E-state index in [-0.39, 0.29) is 30.8 Å². The van der Waals surface area contributed by atoms with E-state index in [0.717, 1.165) is 4.90 Å². The van der Waals surface area contributed by atoms with Gasteiger partial charge in [-0.1, -0.05) is 0 Å². The van der Waals surface area contributed by atoms with Gasteiger partial charge in [-0.15, -0.1) is 0 Å². The Morgan fingerprint density at radius 1 is 1.35 bits per heavy atom. The molecule has 9 nitrogen and oxygen atoms in total. The SMILES string of the molecule is CC(C)n1cnc(S(=O)(=O)N2CCC(N3C(=O)COC3=O)C2)c1. The van der Waals surface area contributed by atoms with Gasteiger partial charge in [0.15, 0.2) is 11.6 Å². The van der Waals surface area contributed by atoms with Gasteiger partial charge < -0.3 is 9.30 Å². The Balaban J connectivity index is 1.77. The van der Waals surface area contributed by atoms with E-state index in [1.807, 2.05) is 13.8 Å². The third kappa shape index (κ3) is 2.72. The van der Waals surface area contributed by atoms with Gasteiger partial charge in [0.2, 0.25) is 0 Å². The standard InChI is InChI=1S/C13H18N4O5S/c1-9(2)15-6-11(14-8-15)23(20,21)16-4-3-10(5-16)17-12(18)7-22-13(17)19/h6,8-10H,3-5,7H2,1-2H3. The number of nitrogens with zero attached hydrogens (tertiary/aromatic N) is 4. The molecule has 0 saturated carbocycles. The van der Waals surface area contributed by atoms with Crippen LogP contribution in [0.3, 0.4) is 0 Å². The highest BCUT2D eigenvalue weighted by atomic mass is 32.2. The molecular weight excluding hydrogens is 324 g/mol. The fraction of sp³-hybridized carbons (Fsp3) is 0.615. The van der Waals surface area contributed by atoms with E-state index in [1.165, 1.54) is 16.8 Å². The molecule has 126 valence electrons. The number of hydrogen-bond donors (Lipinski definition) is 0. The molecule has 0 radical (unpaired) electrons. The van der Waals surface area contributed by atoms with Crippen molar-refractivity contribution in [1.29, 1.82) is 0 Å². The maximum atomic E-state index is 12.6. The predicted molar refractivity (Wildman–Crippen MR) is 78.0 cm³/mol. The summed E-state index contributed by atoms with van der Waals surface area (Å²) in [4.78, 5) is 28.2. The zero-order valence-electron chi connectivity index (χ0n) is 12.9. The number of carbonyl (C=O) groups is 2. The Hall–Kier alpha value is -1.94. The summed E-state index contributed by atoms with van der Waals surface area (Å²) in [5.74, 6) is -0.427. The molecule has 2 aliphatic heterocycles. The van der Waals surface area contributed by atoms with E-state index in [0.29, 0.717) is 6.42 Å². The highest BCUT2D eigenvalue weighted by molar-refractivity contribution is 7.89. The second-order valence-corrected chi connectivity index (χ2v) is 7.76. The average Bonchev–Trinajstić information content (AvgIpc) is 3.18. The number of amides is 2.